The van der Waals surface area contributed by atoms with E-state index in [0.29, 0.717) is 18.5 Å². The van der Waals surface area contributed by atoms with Crippen LogP contribution in [0.4, 0.5) is 20.3 Å². The summed E-state index contributed by atoms with van der Waals surface area (Å²) in [6.07, 6.45) is 4.14. The van der Waals surface area contributed by atoms with Gasteiger partial charge in [-0.05, 0) is 30.2 Å². The molecule has 1 aromatic heterocycles. The van der Waals surface area contributed by atoms with E-state index in [2.05, 4.69) is 9.72 Å². The number of unbranched alkanes of at least 4 members (excludes halogenated alkanes) is 1. The van der Waals surface area contributed by atoms with E-state index in [1.807, 2.05) is 6.92 Å². The first kappa shape index (κ1) is 21.9. The summed E-state index contributed by atoms with van der Waals surface area (Å²) in [5.41, 5.74) is 5.01. The molecule has 2 rings (SSSR count). The summed E-state index contributed by atoms with van der Waals surface area (Å²) in [6, 6.07) is 5.67. The van der Waals surface area contributed by atoms with Crippen LogP contribution in [0, 0.1) is 0 Å². The molecule has 0 bridgehead atoms. The van der Waals surface area contributed by atoms with Crippen molar-refractivity contribution in [1.29, 1.82) is 0 Å². The van der Waals surface area contributed by atoms with E-state index in [1.165, 1.54) is 48.0 Å². The number of rotatable bonds is 8. The molecule has 0 aliphatic heterocycles. The first-order valence-corrected chi connectivity index (χ1v) is 8.87. The lowest BCUT2D eigenvalue weighted by atomic mass is 10.2. The van der Waals surface area contributed by atoms with Gasteiger partial charge >= 0.3 is 12.3 Å². The highest BCUT2D eigenvalue weighted by atomic mass is 19.3. The highest BCUT2D eigenvalue weighted by Gasteiger charge is 2.19. The molecule has 0 saturated carbocycles. The monoisotopic (exact) mass is 408 g/mol. The van der Waals surface area contributed by atoms with Gasteiger partial charge in [-0.1, -0.05) is 25.5 Å². The van der Waals surface area contributed by atoms with Crippen LogP contribution < -0.4 is 26.6 Å². The number of nitrogens with zero attached hydrogens (tertiary/aromatic N) is 2. The number of likely N-dealkylation sites (N-methyl/N-ethyl adjacent to an activating group) is 1. The second-order valence-corrected chi connectivity index (χ2v) is 6.18. The number of carbonyl (C=O) groups excluding carboxylic acids is 1. The van der Waals surface area contributed by atoms with Crippen LogP contribution in [0.3, 0.4) is 0 Å². The molecule has 156 valence electrons. The first-order chi connectivity index (χ1) is 13.7. The fourth-order valence-corrected chi connectivity index (χ4v) is 2.59. The summed E-state index contributed by atoms with van der Waals surface area (Å²) >= 11 is 0. The highest BCUT2D eigenvalue weighted by molar-refractivity contribution is 6.04. The summed E-state index contributed by atoms with van der Waals surface area (Å²) < 4.78 is 29.8. The van der Waals surface area contributed by atoms with Crippen molar-refractivity contribution < 1.29 is 18.3 Å². The number of aromatic amines is 1. The summed E-state index contributed by atoms with van der Waals surface area (Å²) in [4.78, 5) is 39.8. The molecular weight excluding hydrogens is 386 g/mol. The standard InChI is InChI=1S/C19H22F2N4O4/c1-3-4-11-25-16(22)15(17(27)23-19(25)28)24(2)14(26)10-7-12-5-8-13(9-6-12)29-18(20)21/h5-10,18H,3-4,11,22H2,1-2H3,(H,23,27,28)/b10-7+. The number of halogens is 2. The number of H-pyrrole nitrogens is 1. The van der Waals surface area contributed by atoms with Gasteiger partial charge in [0.25, 0.3) is 11.5 Å². The van der Waals surface area contributed by atoms with Crippen molar-refractivity contribution in [3.63, 3.8) is 0 Å². The molecule has 2 aromatic rings. The number of carbonyl (C=O) groups is 1. The van der Waals surface area contributed by atoms with Crippen molar-refractivity contribution in [1.82, 2.24) is 9.55 Å². The van der Waals surface area contributed by atoms with Crippen LogP contribution >= 0.6 is 0 Å². The van der Waals surface area contributed by atoms with Gasteiger partial charge in [0.2, 0.25) is 0 Å². The number of hydrogen-bond acceptors (Lipinski definition) is 5. The molecule has 8 nitrogen and oxygen atoms in total. The van der Waals surface area contributed by atoms with Crippen molar-refractivity contribution in [3.05, 3.63) is 56.7 Å². The van der Waals surface area contributed by atoms with Crippen molar-refractivity contribution in [3.8, 4) is 5.75 Å². The Morgan fingerprint density at radius 2 is 1.97 bits per heavy atom. The topological polar surface area (TPSA) is 110 Å². The van der Waals surface area contributed by atoms with Gasteiger partial charge in [-0.15, -0.1) is 0 Å². The summed E-state index contributed by atoms with van der Waals surface area (Å²) in [5.74, 6) is -0.657. The predicted octanol–water partition coefficient (Wildman–Crippen LogP) is 2.20. The molecule has 1 heterocycles. The molecule has 0 saturated heterocycles. The van der Waals surface area contributed by atoms with E-state index >= 15 is 0 Å². The maximum absolute atomic E-state index is 12.5. The smallest absolute Gasteiger partial charge is 0.387 e. The Hall–Kier alpha value is -3.43. The molecule has 1 amide bonds. The fourth-order valence-electron chi connectivity index (χ4n) is 2.59. The van der Waals surface area contributed by atoms with Gasteiger partial charge < -0.3 is 15.4 Å². The minimum absolute atomic E-state index is 0.00534. The molecule has 0 aliphatic rings. The van der Waals surface area contributed by atoms with Crippen molar-refractivity contribution in [2.45, 2.75) is 32.9 Å². The minimum Gasteiger partial charge on any atom is -0.435 e. The molecule has 0 fully saturated rings. The number of hydrogen-bond donors (Lipinski definition) is 2. The second kappa shape index (κ2) is 9.67. The van der Waals surface area contributed by atoms with Crippen LogP contribution in [0.2, 0.25) is 0 Å². The normalized spacial score (nSPS) is 11.2. The van der Waals surface area contributed by atoms with E-state index in [9.17, 15) is 23.2 Å². The molecule has 29 heavy (non-hydrogen) atoms. The number of nitrogens with two attached hydrogens (primary N) is 1. The predicted molar refractivity (Wildman–Crippen MR) is 106 cm³/mol. The Bertz CT molecular complexity index is 997. The Morgan fingerprint density at radius 1 is 1.31 bits per heavy atom. The van der Waals surface area contributed by atoms with Crippen molar-refractivity contribution in [2.75, 3.05) is 17.7 Å². The van der Waals surface area contributed by atoms with Crippen LogP contribution in [0.15, 0.2) is 39.9 Å². The van der Waals surface area contributed by atoms with Crippen molar-refractivity contribution in [2.24, 2.45) is 0 Å². The average Bonchev–Trinajstić information content (AvgIpc) is 2.66. The van der Waals surface area contributed by atoms with Crippen LogP contribution in [0.5, 0.6) is 5.75 Å². The zero-order chi connectivity index (χ0) is 21.6. The Labute approximate surface area is 165 Å². The fraction of sp³-hybridized carbons (Fsp3) is 0.316. The highest BCUT2D eigenvalue weighted by Crippen LogP contribution is 2.18. The molecule has 0 aliphatic carbocycles. The number of amides is 1. The average molecular weight is 408 g/mol. The summed E-state index contributed by atoms with van der Waals surface area (Å²) in [7, 11) is 1.36. The largest absolute Gasteiger partial charge is 0.435 e. The molecular formula is C19H22F2N4O4. The van der Waals surface area contributed by atoms with Crippen LogP contribution in [0.25, 0.3) is 6.08 Å². The number of alkyl halides is 2. The van der Waals surface area contributed by atoms with Gasteiger partial charge in [0.1, 0.15) is 11.6 Å². The number of ether oxygens (including phenoxy) is 1. The van der Waals surface area contributed by atoms with Gasteiger partial charge in [-0.25, -0.2) is 4.79 Å². The molecule has 0 radical (unpaired) electrons. The van der Waals surface area contributed by atoms with Gasteiger partial charge in [-0.3, -0.25) is 19.1 Å². The molecule has 0 atom stereocenters. The molecule has 10 heteroatoms. The Balaban J connectivity index is 2.22. The zero-order valence-electron chi connectivity index (χ0n) is 16.0. The lowest BCUT2D eigenvalue weighted by molar-refractivity contribution is -0.113. The van der Waals surface area contributed by atoms with Gasteiger partial charge in [0, 0.05) is 19.7 Å². The van der Waals surface area contributed by atoms with Gasteiger partial charge in [-0.2, -0.15) is 8.78 Å². The minimum atomic E-state index is -2.92. The van der Waals surface area contributed by atoms with E-state index in [-0.39, 0.29) is 17.3 Å². The van der Waals surface area contributed by atoms with E-state index in [4.69, 9.17) is 5.73 Å². The summed E-state index contributed by atoms with van der Waals surface area (Å²) in [5, 5.41) is 0. The third kappa shape index (κ3) is 5.53. The van der Waals surface area contributed by atoms with E-state index in [1.54, 1.807) is 0 Å². The Morgan fingerprint density at radius 3 is 2.55 bits per heavy atom. The number of anilines is 2. The molecule has 3 N–H and O–H groups in total. The van der Waals surface area contributed by atoms with Crippen LogP contribution in [0.1, 0.15) is 25.3 Å². The number of benzene rings is 1. The molecule has 0 unspecified atom stereocenters. The first-order valence-electron chi connectivity index (χ1n) is 8.87. The van der Waals surface area contributed by atoms with E-state index < -0.39 is 23.8 Å². The lowest BCUT2D eigenvalue weighted by Crippen LogP contribution is -2.38. The van der Waals surface area contributed by atoms with Crippen LogP contribution in [-0.4, -0.2) is 29.1 Å². The molecule has 0 spiro atoms. The summed E-state index contributed by atoms with van der Waals surface area (Å²) in [6.45, 7) is -0.660. The third-order valence-electron chi connectivity index (χ3n) is 4.14. The lowest BCUT2D eigenvalue weighted by Gasteiger charge is -2.19. The molecule has 1 aromatic carbocycles. The third-order valence-corrected chi connectivity index (χ3v) is 4.14. The van der Waals surface area contributed by atoms with Gasteiger partial charge in [0.15, 0.2) is 5.69 Å². The SMILES string of the molecule is CCCCn1c(N)c(N(C)C(=O)/C=C/c2ccc(OC(F)F)cc2)c(=O)[nH]c1=O. The maximum atomic E-state index is 12.5. The number of aromatic nitrogens is 2. The van der Waals surface area contributed by atoms with E-state index in [0.717, 1.165) is 11.3 Å². The Kier molecular flexibility index (Phi) is 7.29. The zero-order valence-corrected chi connectivity index (χ0v) is 16.0. The van der Waals surface area contributed by atoms with Gasteiger partial charge in [0.05, 0.1) is 0 Å². The van der Waals surface area contributed by atoms with Crippen molar-refractivity contribution >= 4 is 23.5 Å². The quantitative estimate of drug-likeness (QED) is 0.651. The maximum Gasteiger partial charge on any atom is 0.387 e. The number of nitrogens with one attached hydrogen (secondary N) is 1. The number of nitrogen functional groups attached to an aromatic ring is 1. The van der Waals surface area contributed by atoms with Crippen LogP contribution in [-0.2, 0) is 11.3 Å². The second-order valence-electron chi connectivity index (χ2n) is 6.18.